The van der Waals surface area contributed by atoms with Crippen LogP contribution in [0.5, 0.6) is 5.75 Å². The first-order valence-corrected chi connectivity index (χ1v) is 8.58. The maximum atomic E-state index is 12.3. The molecule has 1 aliphatic rings. The molecule has 1 saturated carbocycles. The van der Waals surface area contributed by atoms with Crippen molar-refractivity contribution in [3.63, 3.8) is 0 Å². The maximum absolute atomic E-state index is 12.3. The van der Waals surface area contributed by atoms with Crippen LogP contribution in [0.15, 0.2) is 57.7 Å². The normalized spacial score (nSPS) is 15.7. The third kappa shape index (κ3) is 2.71. The van der Waals surface area contributed by atoms with E-state index in [2.05, 4.69) is 12.1 Å². The van der Waals surface area contributed by atoms with Crippen LogP contribution in [-0.4, -0.2) is 5.11 Å². The summed E-state index contributed by atoms with van der Waals surface area (Å²) in [7, 11) is 0. The molecule has 0 saturated heterocycles. The number of phenolic OH excluding ortho intramolecular Hbond substituents is 1. The SMILES string of the molecule is O=c1oc(-c2ccccc2C2CCCCC2)cc2ccc(O)cc12. The highest BCUT2D eigenvalue weighted by atomic mass is 16.4. The highest BCUT2D eigenvalue weighted by molar-refractivity contribution is 5.85. The largest absolute Gasteiger partial charge is 0.508 e. The van der Waals surface area contributed by atoms with Crippen LogP contribution in [0, 0.1) is 0 Å². The molecule has 3 aromatic rings. The first-order valence-electron chi connectivity index (χ1n) is 8.58. The quantitative estimate of drug-likeness (QED) is 0.705. The van der Waals surface area contributed by atoms with E-state index in [-0.39, 0.29) is 5.75 Å². The third-order valence-corrected chi connectivity index (χ3v) is 5.02. The summed E-state index contributed by atoms with van der Waals surface area (Å²) in [6.07, 6.45) is 6.23. The fraction of sp³-hybridized carbons (Fsp3) is 0.286. The van der Waals surface area contributed by atoms with Gasteiger partial charge < -0.3 is 9.52 Å². The zero-order valence-corrected chi connectivity index (χ0v) is 13.5. The predicted molar refractivity (Wildman–Crippen MR) is 95.4 cm³/mol. The molecular weight excluding hydrogens is 300 g/mol. The van der Waals surface area contributed by atoms with E-state index in [1.807, 2.05) is 18.2 Å². The molecule has 24 heavy (non-hydrogen) atoms. The van der Waals surface area contributed by atoms with Crippen LogP contribution in [0.25, 0.3) is 22.1 Å². The molecule has 1 fully saturated rings. The van der Waals surface area contributed by atoms with Gasteiger partial charge in [0.05, 0.1) is 5.39 Å². The molecule has 0 spiro atoms. The van der Waals surface area contributed by atoms with Crippen molar-refractivity contribution < 1.29 is 9.52 Å². The Balaban J connectivity index is 1.86. The van der Waals surface area contributed by atoms with Crippen molar-refractivity contribution in [1.29, 1.82) is 0 Å². The molecule has 3 heteroatoms. The summed E-state index contributed by atoms with van der Waals surface area (Å²) in [4.78, 5) is 12.3. The number of hydrogen-bond donors (Lipinski definition) is 1. The molecule has 122 valence electrons. The van der Waals surface area contributed by atoms with E-state index < -0.39 is 5.63 Å². The van der Waals surface area contributed by atoms with E-state index in [0.29, 0.717) is 17.1 Å². The topological polar surface area (TPSA) is 50.4 Å². The van der Waals surface area contributed by atoms with Crippen molar-refractivity contribution in [2.24, 2.45) is 0 Å². The Morgan fingerprint density at radius 3 is 2.58 bits per heavy atom. The van der Waals surface area contributed by atoms with Gasteiger partial charge in [-0.2, -0.15) is 0 Å². The van der Waals surface area contributed by atoms with Crippen LogP contribution in [0.4, 0.5) is 0 Å². The molecule has 1 aromatic heterocycles. The van der Waals surface area contributed by atoms with Gasteiger partial charge in [-0.3, -0.25) is 0 Å². The van der Waals surface area contributed by atoms with Crippen LogP contribution in [0.3, 0.4) is 0 Å². The molecule has 0 unspecified atom stereocenters. The minimum absolute atomic E-state index is 0.0742. The van der Waals surface area contributed by atoms with Gasteiger partial charge in [0.1, 0.15) is 11.5 Å². The second-order valence-electron chi connectivity index (χ2n) is 6.59. The van der Waals surface area contributed by atoms with Crippen LogP contribution >= 0.6 is 0 Å². The molecular formula is C21H20O3. The van der Waals surface area contributed by atoms with Gasteiger partial charge in [0.15, 0.2) is 0 Å². The molecule has 1 N–H and O–H groups in total. The number of rotatable bonds is 2. The Kier molecular flexibility index (Phi) is 3.85. The van der Waals surface area contributed by atoms with E-state index in [9.17, 15) is 9.90 Å². The summed E-state index contributed by atoms with van der Waals surface area (Å²) in [5.74, 6) is 1.22. The van der Waals surface area contributed by atoms with Gasteiger partial charge in [0.25, 0.3) is 0 Å². The summed E-state index contributed by atoms with van der Waals surface area (Å²) in [6, 6.07) is 15.0. The predicted octanol–water partition coefficient (Wildman–Crippen LogP) is 5.21. The number of benzene rings is 2. The monoisotopic (exact) mass is 320 g/mol. The highest BCUT2D eigenvalue weighted by Crippen LogP contribution is 2.38. The summed E-state index contributed by atoms with van der Waals surface area (Å²) in [5, 5.41) is 10.8. The van der Waals surface area contributed by atoms with E-state index in [1.165, 1.54) is 43.7 Å². The minimum Gasteiger partial charge on any atom is -0.508 e. The van der Waals surface area contributed by atoms with Crippen LogP contribution in [-0.2, 0) is 0 Å². The fourth-order valence-corrected chi connectivity index (χ4v) is 3.80. The molecule has 0 radical (unpaired) electrons. The number of fused-ring (bicyclic) bond motifs is 1. The van der Waals surface area contributed by atoms with Crippen molar-refractivity contribution in [2.75, 3.05) is 0 Å². The van der Waals surface area contributed by atoms with Crippen molar-refractivity contribution in [3.05, 3.63) is 64.5 Å². The van der Waals surface area contributed by atoms with E-state index >= 15 is 0 Å². The number of aromatic hydroxyl groups is 1. The standard InChI is InChI=1S/C21H20O3/c22-16-11-10-15-12-20(24-21(23)19(15)13-16)18-9-5-4-8-17(18)14-6-2-1-3-7-14/h4-5,8-14,22H,1-3,6-7H2. The summed E-state index contributed by atoms with van der Waals surface area (Å²) in [5.41, 5.74) is 1.88. The van der Waals surface area contributed by atoms with Crippen LogP contribution in [0.2, 0.25) is 0 Å². The Morgan fingerprint density at radius 1 is 0.958 bits per heavy atom. The molecule has 0 amide bonds. The van der Waals surface area contributed by atoms with Gasteiger partial charge in [-0.25, -0.2) is 4.79 Å². The van der Waals surface area contributed by atoms with Crippen molar-refractivity contribution >= 4 is 10.8 Å². The van der Waals surface area contributed by atoms with Crippen LogP contribution < -0.4 is 5.63 Å². The van der Waals surface area contributed by atoms with Gasteiger partial charge in [-0.1, -0.05) is 49.6 Å². The highest BCUT2D eigenvalue weighted by Gasteiger charge is 2.20. The Morgan fingerprint density at radius 2 is 1.75 bits per heavy atom. The Hall–Kier alpha value is -2.55. The number of hydrogen-bond acceptors (Lipinski definition) is 3. The van der Waals surface area contributed by atoms with Gasteiger partial charge in [-0.15, -0.1) is 0 Å². The lowest BCUT2D eigenvalue weighted by molar-refractivity contribution is 0.443. The molecule has 3 nitrogen and oxygen atoms in total. The van der Waals surface area contributed by atoms with E-state index in [4.69, 9.17) is 4.42 Å². The number of phenols is 1. The van der Waals surface area contributed by atoms with E-state index in [0.717, 1.165) is 10.9 Å². The maximum Gasteiger partial charge on any atom is 0.344 e. The summed E-state index contributed by atoms with van der Waals surface area (Å²) >= 11 is 0. The lowest BCUT2D eigenvalue weighted by Gasteiger charge is -2.24. The zero-order chi connectivity index (χ0) is 16.5. The van der Waals surface area contributed by atoms with Crippen LogP contribution in [0.1, 0.15) is 43.6 Å². The second-order valence-corrected chi connectivity index (χ2v) is 6.59. The molecule has 0 atom stereocenters. The Bertz CT molecular complexity index is 933. The van der Waals surface area contributed by atoms with Gasteiger partial charge in [0.2, 0.25) is 0 Å². The molecule has 1 aliphatic carbocycles. The molecule has 2 aromatic carbocycles. The molecule has 0 aliphatic heterocycles. The first-order chi connectivity index (χ1) is 11.7. The average Bonchev–Trinajstić information content (AvgIpc) is 2.63. The lowest BCUT2D eigenvalue weighted by atomic mass is 9.81. The smallest absolute Gasteiger partial charge is 0.344 e. The van der Waals surface area contributed by atoms with Crippen molar-refractivity contribution in [2.45, 2.75) is 38.0 Å². The zero-order valence-electron chi connectivity index (χ0n) is 13.5. The second kappa shape index (κ2) is 6.16. The molecule has 4 rings (SSSR count). The first kappa shape index (κ1) is 15.0. The Labute approximate surface area is 140 Å². The van der Waals surface area contributed by atoms with Gasteiger partial charge in [-0.05, 0) is 47.9 Å². The average molecular weight is 320 g/mol. The lowest BCUT2D eigenvalue weighted by Crippen LogP contribution is -2.07. The van der Waals surface area contributed by atoms with Gasteiger partial charge in [0, 0.05) is 5.56 Å². The minimum atomic E-state index is -0.406. The van der Waals surface area contributed by atoms with Gasteiger partial charge >= 0.3 is 5.63 Å². The molecule has 1 heterocycles. The summed E-state index contributed by atoms with van der Waals surface area (Å²) < 4.78 is 5.60. The fourth-order valence-electron chi connectivity index (χ4n) is 3.80. The third-order valence-electron chi connectivity index (χ3n) is 5.02. The molecule has 0 bridgehead atoms. The van der Waals surface area contributed by atoms with E-state index in [1.54, 1.807) is 12.1 Å². The van der Waals surface area contributed by atoms with Crippen molar-refractivity contribution in [3.8, 4) is 17.1 Å². The summed E-state index contributed by atoms with van der Waals surface area (Å²) in [6.45, 7) is 0. The van der Waals surface area contributed by atoms with Crippen molar-refractivity contribution in [1.82, 2.24) is 0 Å².